The third-order valence-electron chi connectivity index (χ3n) is 4.43. The molecule has 1 aliphatic heterocycles. The quantitative estimate of drug-likeness (QED) is 0.764. The van der Waals surface area contributed by atoms with E-state index in [2.05, 4.69) is 5.32 Å². The number of anilines is 1. The van der Waals surface area contributed by atoms with Crippen LogP contribution in [0, 0.1) is 0 Å². The summed E-state index contributed by atoms with van der Waals surface area (Å²) in [5.74, 6) is -1.29. The molecule has 0 spiro atoms. The van der Waals surface area contributed by atoms with Crippen molar-refractivity contribution < 1.29 is 19.5 Å². The van der Waals surface area contributed by atoms with E-state index in [4.69, 9.17) is 0 Å². The van der Waals surface area contributed by atoms with Gasteiger partial charge in [-0.25, -0.2) is 0 Å². The van der Waals surface area contributed by atoms with Gasteiger partial charge in [-0.1, -0.05) is 18.2 Å². The molecule has 1 aromatic rings. The highest BCUT2D eigenvalue weighted by atomic mass is 16.4. The van der Waals surface area contributed by atoms with Crippen molar-refractivity contribution in [3.05, 3.63) is 29.8 Å². The molecule has 1 unspecified atom stereocenters. The summed E-state index contributed by atoms with van der Waals surface area (Å²) in [5, 5.41) is 11.9. The SMILES string of the molecule is CC(=O)NCCN(CC(=O)N1CCCc2ccccc21)C(C)C(=O)O. The number of fused-ring (bicyclic) bond motifs is 1. The molecule has 7 heteroatoms. The Bertz CT molecular complexity index is 647. The van der Waals surface area contributed by atoms with Gasteiger partial charge >= 0.3 is 5.97 Å². The van der Waals surface area contributed by atoms with E-state index in [0.29, 0.717) is 19.6 Å². The van der Waals surface area contributed by atoms with Crippen molar-refractivity contribution in [1.29, 1.82) is 0 Å². The number of carboxylic acid groups (broad SMARTS) is 1. The number of carbonyl (C=O) groups excluding carboxylic acids is 2. The van der Waals surface area contributed by atoms with Crippen molar-refractivity contribution in [2.45, 2.75) is 32.7 Å². The number of hydrogen-bond donors (Lipinski definition) is 2. The maximum atomic E-state index is 12.8. The first-order valence-corrected chi connectivity index (χ1v) is 8.49. The van der Waals surface area contributed by atoms with E-state index in [1.165, 1.54) is 6.92 Å². The molecule has 0 bridgehead atoms. The summed E-state index contributed by atoms with van der Waals surface area (Å²) in [6.07, 6.45) is 1.83. The fraction of sp³-hybridized carbons (Fsp3) is 0.500. The number of nitrogens with zero attached hydrogens (tertiary/aromatic N) is 2. The summed E-state index contributed by atoms with van der Waals surface area (Å²) in [4.78, 5) is 38.5. The predicted octanol–water partition coefficient (Wildman–Crippen LogP) is 0.877. The second-order valence-corrected chi connectivity index (χ2v) is 6.25. The number of para-hydroxylation sites is 1. The van der Waals surface area contributed by atoms with Gasteiger partial charge in [-0.2, -0.15) is 0 Å². The summed E-state index contributed by atoms with van der Waals surface area (Å²) in [6, 6.07) is 6.99. The van der Waals surface area contributed by atoms with Crippen molar-refractivity contribution >= 4 is 23.5 Å². The summed E-state index contributed by atoms with van der Waals surface area (Å²) >= 11 is 0. The number of carbonyl (C=O) groups is 3. The molecule has 0 saturated heterocycles. The average molecular weight is 347 g/mol. The Balaban J connectivity index is 2.08. The molecule has 25 heavy (non-hydrogen) atoms. The third kappa shape index (κ3) is 5.03. The highest BCUT2D eigenvalue weighted by Crippen LogP contribution is 2.26. The Hall–Kier alpha value is -2.41. The number of benzene rings is 1. The van der Waals surface area contributed by atoms with Crippen LogP contribution in [0.25, 0.3) is 0 Å². The fourth-order valence-corrected chi connectivity index (χ4v) is 2.99. The van der Waals surface area contributed by atoms with Crippen molar-refractivity contribution in [2.75, 3.05) is 31.1 Å². The van der Waals surface area contributed by atoms with Crippen LogP contribution >= 0.6 is 0 Å². The van der Waals surface area contributed by atoms with Gasteiger partial charge in [-0.15, -0.1) is 0 Å². The summed E-state index contributed by atoms with van der Waals surface area (Å²) in [7, 11) is 0. The van der Waals surface area contributed by atoms with Crippen LogP contribution in [0.3, 0.4) is 0 Å². The predicted molar refractivity (Wildman–Crippen MR) is 94.5 cm³/mol. The van der Waals surface area contributed by atoms with Crippen LogP contribution in [-0.2, 0) is 20.8 Å². The van der Waals surface area contributed by atoms with E-state index in [1.807, 2.05) is 24.3 Å². The summed E-state index contributed by atoms with van der Waals surface area (Å²) < 4.78 is 0. The number of nitrogens with one attached hydrogen (secondary N) is 1. The van der Waals surface area contributed by atoms with Crippen molar-refractivity contribution in [1.82, 2.24) is 10.2 Å². The average Bonchev–Trinajstić information content (AvgIpc) is 2.59. The van der Waals surface area contributed by atoms with Crippen LogP contribution in [0.5, 0.6) is 0 Å². The molecular weight excluding hydrogens is 322 g/mol. The number of carboxylic acids is 1. The summed E-state index contributed by atoms with van der Waals surface area (Å²) in [5.41, 5.74) is 2.04. The Morgan fingerprint density at radius 3 is 2.72 bits per heavy atom. The van der Waals surface area contributed by atoms with E-state index in [0.717, 1.165) is 24.1 Å². The van der Waals surface area contributed by atoms with E-state index in [9.17, 15) is 19.5 Å². The molecule has 1 heterocycles. The Kier molecular flexibility index (Phi) is 6.52. The number of aryl methyl sites for hydroxylation is 1. The minimum atomic E-state index is -0.991. The van der Waals surface area contributed by atoms with E-state index >= 15 is 0 Å². The van der Waals surface area contributed by atoms with E-state index < -0.39 is 12.0 Å². The van der Waals surface area contributed by atoms with Gasteiger partial charge in [-0.3, -0.25) is 19.3 Å². The van der Waals surface area contributed by atoms with Gasteiger partial charge < -0.3 is 15.3 Å². The van der Waals surface area contributed by atoms with Gasteiger partial charge in [0.15, 0.2) is 0 Å². The van der Waals surface area contributed by atoms with Crippen LogP contribution in [0.4, 0.5) is 5.69 Å². The van der Waals surface area contributed by atoms with Crippen molar-refractivity contribution in [3.8, 4) is 0 Å². The van der Waals surface area contributed by atoms with Gasteiger partial charge in [0.05, 0.1) is 6.54 Å². The molecule has 0 radical (unpaired) electrons. The highest BCUT2D eigenvalue weighted by molar-refractivity contribution is 5.96. The zero-order chi connectivity index (χ0) is 18.4. The topological polar surface area (TPSA) is 90.0 Å². The Labute approximate surface area is 147 Å². The lowest BCUT2D eigenvalue weighted by atomic mass is 10.0. The van der Waals surface area contributed by atoms with Gasteiger partial charge in [0.1, 0.15) is 6.04 Å². The van der Waals surface area contributed by atoms with Gasteiger partial charge in [0.25, 0.3) is 0 Å². The molecule has 0 fully saturated rings. The van der Waals surface area contributed by atoms with Crippen LogP contribution in [-0.4, -0.2) is 60.0 Å². The molecule has 1 aromatic carbocycles. The molecule has 2 amide bonds. The zero-order valence-corrected chi connectivity index (χ0v) is 14.7. The fourth-order valence-electron chi connectivity index (χ4n) is 2.99. The normalized spacial score (nSPS) is 14.8. The molecular formula is C18H25N3O4. The number of amides is 2. The minimum Gasteiger partial charge on any atom is -0.480 e. The Morgan fingerprint density at radius 2 is 2.04 bits per heavy atom. The number of aliphatic carboxylic acids is 1. The first-order valence-electron chi connectivity index (χ1n) is 8.49. The van der Waals surface area contributed by atoms with Crippen LogP contribution in [0.2, 0.25) is 0 Å². The molecule has 2 N–H and O–H groups in total. The van der Waals surface area contributed by atoms with E-state index in [1.54, 1.807) is 16.7 Å². The van der Waals surface area contributed by atoms with Crippen LogP contribution < -0.4 is 10.2 Å². The molecule has 0 aliphatic carbocycles. The standard InChI is InChI=1S/C18H25N3O4/c1-13(18(24)25)20(11-9-19-14(2)22)12-17(23)21-10-5-7-15-6-3-4-8-16(15)21/h3-4,6,8,13H,5,7,9-12H2,1-2H3,(H,19,22)(H,24,25). The van der Waals surface area contributed by atoms with Crippen molar-refractivity contribution in [2.24, 2.45) is 0 Å². The maximum Gasteiger partial charge on any atom is 0.320 e. The largest absolute Gasteiger partial charge is 0.480 e. The molecule has 1 aliphatic rings. The van der Waals surface area contributed by atoms with Crippen LogP contribution in [0.15, 0.2) is 24.3 Å². The smallest absolute Gasteiger partial charge is 0.320 e. The lowest BCUT2D eigenvalue weighted by Gasteiger charge is -2.33. The lowest BCUT2D eigenvalue weighted by molar-refractivity contribution is -0.143. The third-order valence-corrected chi connectivity index (χ3v) is 4.43. The number of hydrogen-bond acceptors (Lipinski definition) is 4. The van der Waals surface area contributed by atoms with Crippen LogP contribution in [0.1, 0.15) is 25.8 Å². The lowest BCUT2D eigenvalue weighted by Crippen LogP contribution is -2.49. The molecule has 2 rings (SSSR count). The highest BCUT2D eigenvalue weighted by Gasteiger charge is 2.27. The van der Waals surface area contributed by atoms with Crippen molar-refractivity contribution in [3.63, 3.8) is 0 Å². The van der Waals surface area contributed by atoms with Gasteiger partial charge in [-0.05, 0) is 31.4 Å². The monoisotopic (exact) mass is 347 g/mol. The molecule has 7 nitrogen and oxygen atoms in total. The molecule has 1 atom stereocenters. The van der Waals surface area contributed by atoms with E-state index in [-0.39, 0.29) is 18.4 Å². The van der Waals surface area contributed by atoms with Gasteiger partial charge in [0.2, 0.25) is 11.8 Å². The second-order valence-electron chi connectivity index (χ2n) is 6.25. The maximum absolute atomic E-state index is 12.8. The molecule has 0 saturated carbocycles. The molecule has 0 aromatic heterocycles. The molecule has 136 valence electrons. The summed E-state index contributed by atoms with van der Waals surface area (Å²) in [6.45, 7) is 4.19. The first-order chi connectivity index (χ1) is 11.9. The van der Waals surface area contributed by atoms with Gasteiger partial charge in [0, 0.05) is 32.2 Å². The number of rotatable bonds is 7. The first kappa shape index (κ1) is 18.9. The Morgan fingerprint density at radius 1 is 1.32 bits per heavy atom. The second kappa shape index (κ2) is 8.62. The zero-order valence-electron chi connectivity index (χ0n) is 14.7. The minimum absolute atomic E-state index is 0.00137.